The Hall–Kier alpha value is -1.71. The van der Waals surface area contributed by atoms with Gasteiger partial charge in [-0.05, 0) is 41.1 Å². The highest BCUT2D eigenvalue weighted by atomic mass is 79.9. The minimum atomic E-state index is -3.80. The van der Waals surface area contributed by atoms with E-state index < -0.39 is 16.0 Å². The molecule has 0 fully saturated rings. The zero-order valence-electron chi connectivity index (χ0n) is 10.8. The average molecular weight is 375 g/mol. The molecule has 0 spiro atoms. The highest BCUT2D eigenvalue weighted by Crippen LogP contribution is 2.23. The van der Waals surface area contributed by atoms with E-state index in [-0.39, 0.29) is 21.5 Å². The zero-order chi connectivity index (χ0) is 15.6. The molecule has 1 heterocycles. The van der Waals surface area contributed by atoms with Gasteiger partial charge in [-0.15, -0.1) is 0 Å². The van der Waals surface area contributed by atoms with Crippen LogP contribution in [0.4, 0.5) is 0 Å². The molecule has 2 aromatic rings. The molecule has 0 aliphatic heterocycles. The Bertz CT molecular complexity index is 785. The molecule has 0 aliphatic carbocycles. The van der Waals surface area contributed by atoms with Crippen LogP contribution in [0.15, 0.2) is 38.2 Å². The molecule has 2 rings (SSSR count). The molecule has 0 bridgehead atoms. The van der Waals surface area contributed by atoms with E-state index in [0.717, 1.165) is 0 Å². The van der Waals surface area contributed by atoms with Gasteiger partial charge >= 0.3 is 5.97 Å². The molecule has 0 saturated carbocycles. The van der Waals surface area contributed by atoms with Gasteiger partial charge in [-0.3, -0.25) is 0 Å². The van der Waals surface area contributed by atoms with Crippen molar-refractivity contribution in [3.63, 3.8) is 0 Å². The van der Waals surface area contributed by atoms with Crippen LogP contribution in [0.25, 0.3) is 0 Å². The van der Waals surface area contributed by atoms with Crippen molar-refractivity contribution in [2.45, 2.75) is 18.4 Å². The number of nitrogens with zero attached hydrogens (tertiary/aromatic N) is 1. The van der Waals surface area contributed by atoms with Gasteiger partial charge < -0.3 is 9.63 Å². The summed E-state index contributed by atoms with van der Waals surface area (Å²) in [5, 5.41) is 12.5. The van der Waals surface area contributed by atoms with Gasteiger partial charge in [0.2, 0.25) is 10.0 Å². The second-order valence-electron chi connectivity index (χ2n) is 4.21. The minimum Gasteiger partial charge on any atom is -0.478 e. The van der Waals surface area contributed by atoms with Crippen LogP contribution in [-0.4, -0.2) is 24.7 Å². The lowest BCUT2D eigenvalue weighted by Crippen LogP contribution is -2.23. The SMILES string of the molecule is Cc1cc(CNS(=O)(=O)c2ccc(C(=O)O)cc2Br)on1. The number of halogens is 1. The molecule has 7 nitrogen and oxygen atoms in total. The van der Waals surface area contributed by atoms with Crippen LogP contribution >= 0.6 is 15.9 Å². The van der Waals surface area contributed by atoms with Crippen molar-refractivity contribution in [3.8, 4) is 0 Å². The van der Waals surface area contributed by atoms with E-state index in [9.17, 15) is 13.2 Å². The summed E-state index contributed by atoms with van der Waals surface area (Å²) in [4.78, 5) is 10.8. The van der Waals surface area contributed by atoms with Crippen molar-refractivity contribution in [1.82, 2.24) is 9.88 Å². The van der Waals surface area contributed by atoms with Crippen molar-refractivity contribution in [3.05, 3.63) is 45.8 Å². The van der Waals surface area contributed by atoms with E-state index in [1.807, 2.05) is 0 Å². The summed E-state index contributed by atoms with van der Waals surface area (Å²) in [5.74, 6) is -0.751. The van der Waals surface area contributed by atoms with E-state index in [0.29, 0.717) is 11.5 Å². The number of nitrogens with one attached hydrogen (secondary N) is 1. The van der Waals surface area contributed by atoms with Crippen LogP contribution < -0.4 is 4.72 Å². The van der Waals surface area contributed by atoms with E-state index in [1.165, 1.54) is 18.2 Å². The van der Waals surface area contributed by atoms with E-state index in [2.05, 4.69) is 25.8 Å². The van der Waals surface area contributed by atoms with Crippen molar-refractivity contribution in [2.75, 3.05) is 0 Å². The van der Waals surface area contributed by atoms with Gasteiger partial charge in [0.25, 0.3) is 0 Å². The number of carbonyl (C=O) groups is 1. The van der Waals surface area contributed by atoms with Gasteiger partial charge in [0, 0.05) is 10.5 Å². The fourth-order valence-electron chi connectivity index (χ4n) is 1.60. The Morgan fingerprint density at radius 1 is 1.43 bits per heavy atom. The molecule has 0 atom stereocenters. The van der Waals surface area contributed by atoms with Crippen LogP contribution in [0.3, 0.4) is 0 Å². The van der Waals surface area contributed by atoms with Crippen LogP contribution in [0, 0.1) is 6.92 Å². The number of carboxylic acids is 1. The number of benzene rings is 1. The predicted octanol–water partition coefficient (Wildman–Crippen LogP) is 1.92. The van der Waals surface area contributed by atoms with Crippen LogP contribution in [0.5, 0.6) is 0 Å². The predicted molar refractivity (Wildman–Crippen MR) is 76.4 cm³/mol. The summed E-state index contributed by atoms with van der Waals surface area (Å²) in [6.45, 7) is 1.68. The third kappa shape index (κ3) is 3.69. The minimum absolute atomic E-state index is 0.00770. The maximum Gasteiger partial charge on any atom is 0.335 e. The molecular weight excluding hydrogens is 364 g/mol. The van der Waals surface area contributed by atoms with Crippen molar-refractivity contribution >= 4 is 31.9 Å². The monoisotopic (exact) mass is 374 g/mol. The van der Waals surface area contributed by atoms with Gasteiger partial charge in [-0.1, -0.05) is 5.16 Å². The Kier molecular flexibility index (Phi) is 4.45. The Balaban J connectivity index is 2.21. The molecule has 9 heteroatoms. The third-order valence-electron chi connectivity index (χ3n) is 2.58. The summed E-state index contributed by atoms with van der Waals surface area (Å²) in [6.07, 6.45) is 0. The van der Waals surface area contributed by atoms with E-state index in [1.54, 1.807) is 13.0 Å². The molecule has 2 N–H and O–H groups in total. The zero-order valence-corrected chi connectivity index (χ0v) is 13.2. The highest BCUT2D eigenvalue weighted by molar-refractivity contribution is 9.10. The summed E-state index contributed by atoms with van der Waals surface area (Å²) in [7, 11) is -3.80. The van der Waals surface area contributed by atoms with Gasteiger partial charge in [-0.25, -0.2) is 17.9 Å². The molecule has 0 saturated heterocycles. The lowest BCUT2D eigenvalue weighted by Gasteiger charge is -2.07. The van der Waals surface area contributed by atoms with Gasteiger partial charge in [0.15, 0.2) is 5.76 Å². The smallest absolute Gasteiger partial charge is 0.335 e. The maximum atomic E-state index is 12.2. The largest absolute Gasteiger partial charge is 0.478 e. The lowest BCUT2D eigenvalue weighted by molar-refractivity contribution is 0.0696. The molecule has 0 aliphatic rings. The van der Waals surface area contributed by atoms with Gasteiger partial charge in [-0.2, -0.15) is 0 Å². The molecule has 21 heavy (non-hydrogen) atoms. The number of hydrogen-bond donors (Lipinski definition) is 2. The summed E-state index contributed by atoms with van der Waals surface area (Å²) >= 11 is 3.06. The highest BCUT2D eigenvalue weighted by Gasteiger charge is 2.19. The first-order chi connectivity index (χ1) is 9.79. The molecule has 0 unspecified atom stereocenters. The second-order valence-corrected chi connectivity index (χ2v) is 6.80. The first-order valence-electron chi connectivity index (χ1n) is 5.74. The van der Waals surface area contributed by atoms with Gasteiger partial charge in [0.05, 0.1) is 22.7 Å². The molecule has 0 radical (unpaired) electrons. The number of carboxylic acid groups (broad SMARTS) is 1. The first kappa shape index (κ1) is 15.7. The lowest BCUT2D eigenvalue weighted by atomic mass is 10.2. The van der Waals surface area contributed by atoms with E-state index >= 15 is 0 Å². The van der Waals surface area contributed by atoms with E-state index in [4.69, 9.17) is 9.63 Å². The Morgan fingerprint density at radius 3 is 2.67 bits per heavy atom. The number of sulfonamides is 1. The summed E-state index contributed by atoms with van der Waals surface area (Å²) in [6, 6.07) is 5.29. The topological polar surface area (TPSA) is 110 Å². The molecule has 1 aromatic heterocycles. The van der Waals surface area contributed by atoms with Crippen molar-refractivity contribution < 1.29 is 22.8 Å². The van der Waals surface area contributed by atoms with Crippen LogP contribution in [-0.2, 0) is 16.6 Å². The Labute approximate surface area is 129 Å². The first-order valence-corrected chi connectivity index (χ1v) is 8.02. The standard InChI is InChI=1S/C12H11BrN2O5S/c1-7-4-9(20-15-7)6-14-21(18,19)11-3-2-8(12(16)17)5-10(11)13/h2-5,14H,6H2,1H3,(H,16,17). The van der Waals surface area contributed by atoms with Crippen molar-refractivity contribution in [2.24, 2.45) is 0 Å². The molecule has 1 aromatic carbocycles. The number of aromatic carboxylic acids is 1. The number of hydrogen-bond acceptors (Lipinski definition) is 5. The summed E-state index contributed by atoms with van der Waals surface area (Å²) in [5.41, 5.74) is 0.642. The Morgan fingerprint density at radius 2 is 2.14 bits per heavy atom. The number of rotatable bonds is 5. The number of aryl methyl sites for hydroxylation is 1. The normalized spacial score (nSPS) is 11.5. The fourth-order valence-corrected chi connectivity index (χ4v) is 3.66. The van der Waals surface area contributed by atoms with Crippen LogP contribution in [0.1, 0.15) is 21.8 Å². The maximum absolute atomic E-state index is 12.2. The second kappa shape index (κ2) is 5.96. The third-order valence-corrected chi connectivity index (χ3v) is 4.96. The quantitative estimate of drug-likeness (QED) is 0.827. The number of aromatic nitrogens is 1. The molecule has 0 amide bonds. The average Bonchev–Trinajstić information content (AvgIpc) is 2.82. The molecule has 112 valence electrons. The van der Waals surface area contributed by atoms with Gasteiger partial charge in [0.1, 0.15) is 0 Å². The fraction of sp³-hybridized carbons (Fsp3) is 0.167. The summed E-state index contributed by atoms with van der Waals surface area (Å²) < 4.78 is 31.8. The van der Waals surface area contributed by atoms with Crippen LogP contribution in [0.2, 0.25) is 0 Å². The van der Waals surface area contributed by atoms with Crippen molar-refractivity contribution in [1.29, 1.82) is 0 Å². The molecular formula is C12H11BrN2O5S.